The third-order valence-corrected chi connectivity index (χ3v) is 2.12. The maximum atomic E-state index is 11.1. The Morgan fingerprint density at radius 3 is 2.75 bits per heavy atom. The largest absolute Gasteiger partial charge is 0.355 e. The molecule has 0 aliphatic heterocycles. The summed E-state index contributed by atoms with van der Waals surface area (Å²) < 4.78 is 0. The summed E-state index contributed by atoms with van der Waals surface area (Å²) in [6.07, 6.45) is 2.82. The monoisotopic (exact) mass is 171 g/mol. The molecular formula is C8H17N3O. The van der Waals surface area contributed by atoms with Gasteiger partial charge < -0.3 is 16.8 Å². The fourth-order valence-corrected chi connectivity index (χ4v) is 1.19. The van der Waals surface area contributed by atoms with Gasteiger partial charge in [-0.15, -0.1) is 0 Å². The van der Waals surface area contributed by atoms with E-state index in [4.69, 9.17) is 11.5 Å². The zero-order chi connectivity index (χ0) is 8.97. The van der Waals surface area contributed by atoms with Crippen molar-refractivity contribution in [2.24, 2.45) is 17.4 Å². The van der Waals surface area contributed by atoms with Crippen LogP contribution in [0.3, 0.4) is 0 Å². The highest BCUT2D eigenvalue weighted by Gasteiger charge is 2.29. The molecule has 1 amide bonds. The molecule has 0 aromatic heterocycles. The number of nitrogens with one attached hydrogen (secondary N) is 1. The van der Waals surface area contributed by atoms with Crippen molar-refractivity contribution in [1.29, 1.82) is 0 Å². The van der Waals surface area contributed by atoms with Crippen LogP contribution < -0.4 is 16.8 Å². The molecule has 0 bridgehead atoms. The second-order valence-electron chi connectivity index (χ2n) is 3.34. The van der Waals surface area contributed by atoms with Crippen molar-refractivity contribution in [3.05, 3.63) is 0 Å². The van der Waals surface area contributed by atoms with Crippen molar-refractivity contribution in [3.63, 3.8) is 0 Å². The van der Waals surface area contributed by atoms with Crippen molar-refractivity contribution in [1.82, 2.24) is 5.32 Å². The maximum Gasteiger partial charge on any atom is 0.221 e. The first-order chi connectivity index (χ1) is 5.74. The van der Waals surface area contributed by atoms with E-state index < -0.39 is 0 Å². The lowest BCUT2D eigenvalue weighted by Crippen LogP contribution is -2.35. The van der Waals surface area contributed by atoms with Crippen molar-refractivity contribution in [2.75, 3.05) is 13.1 Å². The van der Waals surface area contributed by atoms with E-state index in [0.29, 0.717) is 25.4 Å². The number of amides is 1. The SMILES string of the molecule is NCCNC(=O)CC(N)C1CC1. The van der Waals surface area contributed by atoms with Crippen molar-refractivity contribution >= 4 is 5.91 Å². The zero-order valence-corrected chi connectivity index (χ0v) is 7.25. The van der Waals surface area contributed by atoms with Gasteiger partial charge in [0.1, 0.15) is 0 Å². The number of nitrogens with two attached hydrogens (primary N) is 2. The van der Waals surface area contributed by atoms with Gasteiger partial charge >= 0.3 is 0 Å². The van der Waals surface area contributed by atoms with E-state index in [1.165, 1.54) is 12.8 Å². The van der Waals surface area contributed by atoms with Gasteiger partial charge in [-0.3, -0.25) is 4.79 Å². The quantitative estimate of drug-likeness (QED) is 0.506. The van der Waals surface area contributed by atoms with Crippen molar-refractivity contribution < 1.29 is 4.79 Å². The molecule has 1 rings (SSSR count). The molecule has 12 heavy (non-hydrogen) atoms. The first-order valence-corrected chi connectivity index (χ1v) is 4.46. The van der Waals surface area contributed by atoms with Gasteiger partial charge in [-0.2, -0.15) is 0 Å². The number of hydrogen-bond acceptors (Lipinski definition) is 3. The fourth-order valence-electron chi connectivity index (χ4n) is 1.19. The Hall–Kier alpha value is -0.610. The van der Waals surface area contributed by atoms with E-state index in [0.717, 1.165) is 0 Å². The average molecular weight is 171 g/mol. The summed E-state index contributed by atoms with van der Waals surface area (Å²) in [7, 11) is 0. The molecule has 5 N–H and O–H groups in total. The molecule has 0 saturated heterocycles. The summed E-state index contributed by atoms with van der Waals surface area (Å²) >= 11 is 0. The highest BCUT2D eigenvalue weighted by Crippen LogP contribution is 2.32. The van der Waals surface area contributed by atoms with E-state index in [-0.39, 0.29) is 11.9 Å². The van der Waals surface area contributed by atoms with Crippen LogP contribution in [0, 0.1) is 5.92 Å². The van der Waals surface area contributed by atoms with Gasteiger partial charge in [0.25, 0.3) is 0 Å². The first-order valence-electron chi connectivity index (χ1n) is 4.46. The van der Waals surface area contributed by atoms with Crippen LogP contribution in [-0.2, 0) is 4.79 Å². The smallest absolute Gasteiger partial charge is 0.221 e. The molecule has 0 spiro atoms. The molecule has 1 aliphatic rings. The van der Waals surface area contributed by atoms with Crippen LogP contribution in [0.2, 0.25) is 0 Å². The summed E-state index contributed by atoms with van der Waals surface area (Å²) in [5.41, 5.74) is 11.0. The van der Waals surface area contributed by atoms with Crippen LogP contribution in [0.15, 0.2) is 0 Å². The molecule has 1 fully saturated rings. The molecule has 0 heterocycles. The molecule has 0 aromatic carbocycles. The molecule has 1 atom stereocenters. The molecule has 0 radical (unpaired) electrons. The Kier molecular flexibility index (Phi) is 3.49. The number of carbonyl (C=O) groups excluding carboxylic acids is 1. The highest BCUT2D eigenvalue weighted by atomic mass is 16.1. The average Bonchev–Trinajstić information content (AvgIpc) is 2.82. The second kappa shape index (κ2) is 4.42. The normalized spacial score (nSPS) is 18.8. The van der Waals surface area contributed by atoms with Crippen molar-refractivity contribution in [2.45, 2.75) is 25.3 Å². The summed E-state index contributed by atoms with van der Waals surface area (Å²) in [5.74, 6) is 0.619. The Balaban J connectivity index is 2.07. The van der Waals surface area contributed by atoms with E-state index in [1.807, 2.05) is 0 Å². The minimum Gasteiger partial charge on any atom is -0.355 e. The number of hydrogen-bond donors (Lipinski definition) is 3. The van der Waals surface area contributed by atoms with Gasteiger partial charge in [0.2, 0.25) is 5.91 Å². The lowest BCUT2D eigenvalue weighted by molar-refractivity contribution is -0.121. The Bertz CT molecular complexity index is 156. The fraction of sp³-hybridized carbons (Fsp3) is 0.875. The van der Waals surface area contributed by atoms with E-state index in [9.17, 15) is 4.79 Å². The minimum atomic E-state index is 0.0276. The molecule has 0 aromatic rings. The van der Waals surface area contributed by atoms with Crippen molar-refractivity contribution in [3.8, 4) is 0 Å². The summed E-state index contributed by atoms with van der Waals surface area (Å²) in [6, 6.07) is 0.0581. The van der Waals surface area contributed by atoms with Gasteiger partial charge in [0, 0.05) is 25.6 Å². The standard InChI is InChI=1S/C8H17N3O/c9-3-4-11-8(12)5-7(10)6-1-2-6/h6-7H,1-5,9-10H2,(H,11,12). The van der Waals surface area contributed by atoms with Crippen LogP contribution in [0.1, 0.15) is 19.3 Å². The predicted molar refractivity (Wildman–Crippen MR) is 47.4 cm³/mol. The predicted octanol–water partition coefficient (Wildman–Crippen LogP) is -0.811. The van der Waals surface area contributed by atoms with Gasteiger partial charge in [-0.25, -0.2) is 0 Å². The van der Waals surface area contributed by atoms with Crippen LogP contribution in [0.5, 0.6) is 0 Å². The van der Waals surface area contributed by atoms with Crippen LogP contribution in [0.4, 0.5) is 0 Å². The molecule has 1 saturated carbocycles. The number of carbonyl (C=O) groups is 1. The third kappa shape index (κ3) is 3.19. The lowest BCUT2D eigenvalue weighted by atomic mass is 10.1. The lowest BCUT2D eigenvalue weighted by Gasteiger charge is -2.09. The zero-order valence-electron chi connectivity index (χ0n) is 7.25. The van der Waals surface area contributed by atoms with Crippen LogP contribution in [0.25, 0.3) is 0 Å². The van der Waals surface area contributed by atoms with E-state index in [1.54, 1.807) is 0 Å². The molecule has 70 valence electrons. The molecule has 1 unspecified atom stereocenters. The number of rotatable bonds is 5. The second-order valence-corrected chi connectivity index (χ2v) is 3.34. The van der Waals surface area contributed by atoms with Crippen LogP contribution in [-0.4, -0.2) is 25.0 Å². The van der Waals surface area contributed by atoms with Gasteiger partial charge in [-0.05, 0) is 18.8 Å². The topological polar surface area (TPSA) is 81.1 Å². The van der Waals surface area contributed by atoms with Crippen LogP contribution >= 0.6 is 0 Å². The summed E-state index contributed by atoms with van der Waals surface area (Å²) in [6.45, 7) is 1.04. The molecule has 4 heteroatoms. The Morgan fingerprint density at radius 2 is 2.25 bits per heavy atom. The summed E-state index contributed by atoms with van der Waals surface area (Å²) in [4.78, 5) is 11.1. The Labute approximate surface area is 72.7 Å². The first kappa shape index (κ1) is 9.48. The summed E-state index contributed by atoms with van der Waals surface area (Å²) in [5, 5.41) is 2.70. The van der Waals surface area contributed by atoms with Gasteiger partial charge in [0.05, 0.1) is 0 Å². The highest BCUT2D eigenvalue weighted by molar-refractivity contribution is 5.76. The van der Waals surface area contributed by atoms with E-state index >= 15 is 0 Å². The molecule has 4 nitrogen and oxygen atoms in total. The maximum absolute atomic E-state index is 11.1. The van der Waals surface area contributed by atoms with Gasteiger partial charge in [0.15, 0.2) is 0 Å². The molecular weight excluding hydrogens is 154 g/mol. The minimum absolute atomic E-state index is 0.0276. The van der Waals surface area contributed by atoms with E-state index in [2.05, 4.69) is 5.32 Å². The third-order valence-electron chi connectivity index (χ3n) is 2.12. The molecule has 1 aliphatic carbocycles. The van der Waals surface area contributed by atoms with Gasteiger partial charge in [-0.1, -0.05) is 0 Å². The Morgan fingerprint density at radius 1 is 1.58 bits per heavy atom.